The Morgan fingerprint density at radius 1 is 1.28 bits per heavy atom. The van der Waals surface area contributed by atoms with Crippen LogP contribution in [0, 0.1) is 0 Å². The minimum atomic E-state index is -0.829. The minimum absolute atomic E-state index is 0.443. The molecule has 6 nitrogen and oxygen atoms in total. The Morgan fingerprint density at radius 2 is 1.89 bits per heavy atom. The van der Waals surface area contributed by atoms with Gasteiger partial charge in [0.05, 0.1) is 13.2 Å². The summed E-state index contributed by atoms with van der Waals surface area (Å²) in [7, 11) is 0. The van der Waals surface area contributed by atoms with E-state index in [1.165, 1.54) is 0 Å². The Morgan fingerprint density at radius 3 is 2.44 bits per heavy atom. The fraction of sp³-hybridized carbons (Fsp3) is 0.833. The van der Waals surface area contributed by atoms with Gasteiger partial charge in [0, 0.05) is 26.2 Å². The van der Waals surface area contributed by atoms with Crippen molar-refractivity contribution < 1.29 is 19.1 Å². The Hall–Kier alpha value is -1.14. The fourth-order valence-corrected chi connectivity index (χ4v) is 1.55. The number of carbonyl (C=O) groups is 2. The Bertz CT molecular complexity index is 293. The first-order valence-corrected chi connectivity index (χ1v) is 6.20. The van der Waals surface area contributed by atoms with Gasteiger partial charge in [-0.2, -0.15) is 0 Å². The molecule has 1 aliphatic heterocycles. The molecule has 1 fully saturated rings. The van der Waals surface area contributed by atoms with Gasteiger partial charge >= 0.3 is 11.9 Å². The molecule has 1 saturated heterocycles. The maximum absolute atomic E-state index is 11.4. The lowest BCUT2D eigenvalue weighted by Crippen LogP contribution is -2.43. The summed E-state index contributed by atoms with van der Waals surface area (Å²) in [6, 6.07) is 0. The summed E-state index contributed by atoms with van der Waals surface area (Å²) in [6.07, 6.45) is 0. The first-order chi connectivity index (χ1) is 8.38. The van der Waals surface area contributed by atoms with E-state index in [1.807, 2.05) is 0 Å². The van der Waals surface area contributed by atoms with Gasteiger partial charge in [-0.05, 0) is 20.8 Å². The molecule has 0 unspecified atom stereocenters. The van der Waals surface area contributed by atoms with Crippen molar-refractivity contribution in [2.24, 2.45) is 0 Å². The van der Waals surface area contributed by atoms with Crippen molar-refractivity contribution in [3.63, 3.8) is 0 Å². The first kappa shape index (κ1) is 14.9. The van der Waals surface area contributed by atoms with E-state index >= 15 is 0 Å². The van der Waals surface area contributed by atoms with E-state index in [9.17, 15) is 9.59 Å². The lowest BCUT2D eigenvalue weighted by atomic mass is 10.2. The van der Waals surface area contributed by atoms with E-state index in [-0.39, 0.29) is 0 Å². The zero-order valence-corrected chi connectivity index (χ0v) is 11.3. The molecule has 0 aromatic carbocycles. The van der Waals surface area contributed by atoms with Crippen LogP contribution in [0.15, 0.2) is 0 Å². The molecule has 0 spiro atoms. The molecule has 0 saturated carbocycles. The molecule has 1 N–H and O–H groups in total. The second kappa shape index (κ2) is 6.70. The number of ether oxygens (including phenoxy) is 2. The van der Waals surface area contributed by atoms with E-state index in [4.69, 9.17) is 9.47 Å². The van der Waals surface area contributed by atoms with Gasteiger partial charge in [-0.15, -0.1) is 0 Å². The molecule has 6 heteroatoms. The predicted octanol–water partition coefficient (Wildman–Crippen LogP) is -0.223. The third-order valence-electron chi connectivity index (χ3n) is 2.40. The molecule has 1 rings (SSSR count). The summed E-state index contributed by atoms with van der Waals surface area (Å²) in [6.45, 7) is 9.52. The third kappa shape index (κ3) is 5.97. The maximum atomic E-state index is 11.4. The Labute approximate surface area is 108 Å². The van der Waals surface area contributed by atoms with Crippen LogP contribution in [0.4, 0.5) is 0 Å². The molecule has 0 aliphatic carbocycles. The zero-order chi connectivity index (χ0) is 13.6. The Balaban J connectivity index is 2.18. The van der Waals surface area contributed by atoms with Gasteiger partial charge in [-0.3, -0.25) is 9.69 Å². The second-order valence-electron chi connectivity index (χ2n) is 5.21. The summed E-state index contributed by atoms with van der Waals surface area (Å²) < 4.78 is 10.2. The van der Waals surface area contributed by atoms with Crippen LogP contribution in [0.3, 0.4) is 0 Å². The molecule has 0 atom stereocenters. The predicted molar refractivity (Wildman–Crippen MR) is 66.1 cm³/mol. The van der Waals surface area contributed by atoms with E-state index in [0.29, 0.717) is 6.54 Å². The molecular weight excluding hydrogens is 236 g/mol. The van der Waals surface area contributed by atoms with Gasteiger partial charge in [0.15, 0.2) is 0 Å². The number of carbonyl (C=O) groups excluding carboxylic acids is 2. The first-order valence-electron chi connectivity index (χ1n) is 6.20. The molecule has 0 radical (unpaired) electrons. The summed E-state index contributed by atoms with van der Waals surface area (Å²) >= 11 is 0. The second-order valence-corrected chi connectivity index (χ2v) is 5.21. The topological polar surface area (TPSA) is 67.9 Å². The number of nitrogens with one attached hydrogen (secondary N) is 1. The number of esters is 1. The molecule has 1 heterocycles. The monoisotopic (exact) mass is 258 g/mol. The van der Waals surface area contributed by atoms with Gasteiger partial charge in [0.25, 0.3) is 0 Å². The summed E-state index contributed by atoms with van der Waals surface area (Å²) in [5, 5.41) is 2.56. The highest BCUT2D eigenvalue weighted by atomic mass is 16.6. The van der Waals surface area contributed by atoms with E-state index in [2.05, 4.69) is 10.2 Å². The van der Waals surface area contributed by atoms with Gasteiger partial charge < -0.3 is 14.8 Å². The average Bonchev–Trinajstić information content (AvgIpc) is 2.28. The average molecular weight is 258 g/mol. The van der Waals surface area contributed by atoms with Crippen LogP contribution < -0.4 is 5.32 Å². The van der Waals surface area contributed by atoms with Crippen LogP contribution in [-0.4, -0.2) is 61.8 Å². The molecule has 0 bridgehead atoms. The van der Waals surface area contributed by atoms with Gasteiger partial charge in [0.2, 0.25) is 0 Å². The van der Waals surface area contributed by atoms with E-state index in [1.54, 1.807) is 20.8 Å². The van der Waals surface area contributed by atoms with Gasteiger partial charge in [-0.25, -0.2) is 4.79 Å². The van der Waals surface area contributed by atoms with Crippen LogP contribution in [0.25, 0.3) is 0 Å². The summed E-state index contributed by atoms with van der Waals surface area (Å²) in [5.74, 6) is -1.51. The number of hydrogen-bond acceptors (Lipinski definition) is 5. The molecule has 1 aliphatic rings. The van der Waals surface area contributed by atoms with Crippen molar-refractivity contribution in [2.75, 3.05) is 39.4 Å². The normalized spacial score (nSPS) is 17.3. The van der Waals surface area contributed by atoms with Crippen molar-refractivity contribution in [2.45, 2.75) is 26.4 Å². The van der Waals surface area contributed by atoms with Gasteiger partial charge in [0.1, 0.15) is 5.60 Å². The Kier molecular flexibility index (Phi) is 5.55. The highest BCUT2D eigenvalue weighted by Gasteiger charge is 2.22. The summed E-state index contributed by atoms with van der Waals surface area (Å²) in [5.41, 5.74) is -0.640. The molecular formula is C12H22N2O4. The fourth-order valence-electron chi connectivity index (χ4n) is 1.55. The van der Waals surface area contributed by atoms with Crippen molar-refractivity contribution in [3.05, 3.63) is 0 Å². The zero-order valence-electron chi connectivity index (χ0n) is 11.3. The molecule has 18 heavy (non-hydrogen) atoms. The number of amides is 1. The SMILES string of the molecule is CC(C)(C)OC(=O)C(=O)NCCN1CCOCC1. The van der Waals surface area contributed by atoms with Crippen LogP contribution in [0.5, 0.6) is 0 Å². The van der Waals surface area contributed by atoms with Gasteiger partial charge in [-0.1, -0.05) is 0 Å². The van der Waals surface area contributed by atoms with E-state index in [0.717, 1.165) is 32.8 Å². The minimum Gasteiger partial charge on any atom is -0.453 e. The molecule has 0 aromatic heterocycles. The smallest absolute Gasteiger partial charge is 0.397 e. The molecule has 104 valence electrons. The lowest BCUT2D eigenvalue weighted by Gasteiger charge is -2.26. The van der Waals surface area contributed by atoms with Crippen molar-refractivity contribution in [3.8, 4) is 0 Å². The summed E-state index contributed by atoms with van der Waals surface area (Å²) in [4.78, 5) is 25.0. The molecule has 1 amide bonds. The number of hydrogen-bond donors (Lipinski definition) is 1. The maximum Gasteiger partial charge on any atom is 0.397 e. The van der Waals surface area contributed by atoms with Crippen molar-refractivity contribution in [1.82, 2.24) is 10.2 Å². The number of rotatable bonds is 3. The van der Waals surface area contributed by atoms with Crippen molar-refractivity contribution in [1.29, 1.82) is 0 Å². The third-order valence-corrected chi connectivity index (χ3v) is 2.40. The quantitative estimate of drug-likeness (QED) is 0.560. The highest BCUT2D eigenvalue weighted by Crippen LogP contribution is 2.06. The van der Waals surface area contributed by atoms with E-state index < -0.39 is 17.5 Å². The number of morpholine rings is 1. The van der Waals surface area contributed by atoms with Crippen LogP contribution in [-0.2, 0) is 19.1 Å². The molecule has 0 aromatic rings. The standard InChI is InChI=1S/C12H22N2O4/c1-12(2,3)18-11(16)10(15)13-4-5-14-6-8-17-9-7-14/h4-9H2,1-3H3,(H,13,15). The largest absolute Gasteiger partial charge is 0.453 e. The number of nitrogens with zero attached hydrogens (tertiary/aromatic N) is 1. The van der Waals surface area contributed by atoms with Crippen LogP contribution in [0.2, 0.25) is 0 Å². The van der Waals surface area contributed by atoms with Crippen LogP contribution >= 0.6 is 0 Å². The lowest BCUT2D eigenvalue weighted by molar-refractivity contribution is -0.163. The van der Waals surface area contributed by atoms with Crippen LogP contribution in [0.1, 0.15) is 20.8 Å². The van der Waals surface area contributed by atoms with Crippen molar-refractivity contribution >= 4 is 11.9 Å². The highest BCUT2D eigenvalue weighted by molar-refractivity contribution is 6.32.